The number of carbonyl (C=O) groups is 1. The molecule has 0 saturated carbocycles. The van der Waals surface area contributed by atoms with E-state index < -0.39 is 4.75 Å². The summed E-state index contributed by atoms with van der Waals surface area (Å²) in [5.74, 6) is 1.50. The summed E-state index contributed by atoms with van der Waals surface area (Å²) in [4.78, 5) is 17.5. The Balaban J connectivity index is 1.73. The molecule has 2 aromatic carbocycles. The number of piperidine rings is 1. The van der Waals surface area contributed by atoms with E-state index in [1.807, 2.05) is 31.2 Å². The highest BCUT2D eigenvalue weighted by molar-refractivity contribution is 9.11. The predicted molar refractivity (Wildman–Crippen MR) is 126 cm³/mol. The van der Waals surface area contributed by atoms with Crippen molar-refractivity contribution in [2.24, 2.45) is 5.92 Å². The van der Waals surface area contributed by atoms with Gasteiger partial charge in [0.1, 0.15) is 17.1 Å². The molecule has 6 heteroatoms. The first-order chi connectivity index (χ1) is 13.9. The number of ketones is 1. The van der Waals surface area contributed by atoms with E-state index in [4.69, 9.17) is 4.74 Å². The standard InChI is InChI=1S/C23H25Br2NO2S/c1-15-7-6-10-26(12-15)13-23(29-17-8-4-3-5-9-17)14-28-21-18(22(23)27)11-19(24)16(2)20(21)25/h3-5,8-9,11,15H,6-7,10,12-14H2,1-2H3/t15-,23-/m1/s1. The summed E-state index contributed by atoms with van der Waals surface area (Å²) in [6.45, 7) is 7.48. The third-order valence-electron chi connectivity index (χ3n) is 5.79. The molecule has 1 saturated heterocycles. The van der Waals surface area contributed by atoms with E-state index in [-0.39, 0.29) is 5.78 Å². The van der Waals surface area contributed by atoms with Crippen LogP contribution in [0.2, 0.25) is 0 Å². The second kappa shape index (κ2) is 8.74. The van der Waals surface area contributed by atoms with Crippen molar-refractivity contribution in [3.8, 4) is 5.75 Å². The van der Waals surface area contributed by atoms with Gasteiger partial charge in [0, 0.05) is 22.5 Å². The lowest BCUT2D eigenvalue weighted by Crippen LogP contribution is -2.54. The SMILES string of the molecule is Cc1c(Br)cc2c(c1Br)OC[C@@](CN1CCC[C@@H](C)C1)(Sc1ccccc1)C2=O. The van der Waals surface area contributed by atoms with Crippen LogP contribution in [0.3, 0.4) is 0 Å². The van der Waals surface area contributed by atoms with Crippen molar-refractivity contribution in [2.45, 2.75) is 36.3 Å². The molecule has 154 valence electrons. The minimum absolute atomic E-state index is 0.159. The average Bonchev–Trinajstić information content (AvgIpc) is 2.70. The second-order valence-corrected chi connectivity index (χ2v) is 11.3. The van der Waals surface area contributed by atoms with Crippen LogP contribution in [0.25, 0.3) is 0 Å². The van der Waals surface area contributed by atoms with Crippen LogP contribution in [0.4, 0.5) is 0 Å². The minimum Gasteiger partial charge on any atom is -0.490 e. The van der Waals surface area contributed by atoms with Gasteiger partial charge in [0.05, 0.1) is 10.0 Å². The molecule has 0 aromatic heterocycles. The van der Waals surface area contributed by atoms with Crippen molar-refractivity contribution < 1.29 is 9.53 Å². The van der Waals surface area contributed by atoms with Gasteiger partial charge < -0.3 is 9.64 Å². The third-order valence-corrected chi connectivity index (χ3v) is 8.90. The van der Waals surface area contributed by atoms with E-state index in [0.717, 1.165) is 32.5 Å². The lowest BCUT2D eigenvalue weighted by Gasteiger charge is -2.42. The largest absolute Gasteiger partial charge is 0.490 e. The highest BCUT2D eigenvalue weighted by atomic mass is 79.9. The average molecular weight is 539 g/mol. The summed E-state index contributed by atoms with van der Waals surface area (Å²) in [6, 6.07) is 12.1. The first-order valence-corrected chi connectivity index (χ1v) is 12.4. The number of ether oxygens (including phenoxy) is 1. The Kier molecular flexibility index (Phi) is 6.45. The van der Waals surface area contributed by atoms with Gasteiger partial charge in [0.2, 0.25) is 0 Å². The highest BCUT2D eigenvalue weighted by Crippen LogP contribution is 2.46. The van der Waals surface area contributed by atoms with Crippen LogP contribution in [0.5, 0.6) is 5.75 Å². The monoisotopic (exact) mass is 537 g/mol. The van der Waals surface area contributed by atoms with Crippen molar-refractivity contribution >= 4 is 49.4 Å². The summed E-state index contributed by atoms with van der Waals surface area (Å²) >= 11 is 8.89. The summed E-state index contributed by atoms with van der Waals surface area (Å²) < 4.78 is 7.41. The molecule has 0 radical (unpaired) electrons. The lowest BCUT2D eigenvalue weighted by molar-refractivity contribution is 0.0784. The number of thioether (sulfide) groups is 1. The molecule has 2 heterocycles. The quantitative estimate of drug-likeness (QED) is 0.453. The van der Waals surface area contributed by atoms with Gasteiger partial charge in [-0.2, -0.15) is 0 Å². The number of hydrogen-bond acceptors (Lipinski definition) is 4. The Morgan fingerprint density at radius 3 is 2.76 bits per heavy atom. The third kappa shape index (κ3) is 4.32. The molecule has 1 fully saturated rings. The molecule has 3 nitrogen and oxygen atoms in total. The number of likely N-dealkylation sites (tertiary alicyclic amines) is 1. The molecule has 29 heavy (non-hydrogen) atoms. The molecule has 0 amide bonds. The normalized spacial score (nSPS) is 24.8. The zero-order valence-corrected chi connectivity index (χ0v) is 20.7. The fraction of sp³-hybridized carbons (Fsp3) is 0.435. The fourth-order valence-electron chi connectivity index (χ4n) is 4.23. The Hall–Kier alpha value is -0.820. The fourth-order valence-corrected chi connectivity index (χ4v) is 6.78. The van der Waals surface area contributed by atoms with E-state index in [2.05, 4.69) is 55.8 Å². The molecule has 4 rings (SSSR count). The van der Waals surface area contributed by atoms with Crippen LogP contribution >= 0.6 is 43.6 Å². The van der Waals surface area contributed by atoms with Crippen molar-refractivity contribution in [2.75, 3.05) is 26.2 Å². The molecule has 0 spiro atoms. The van der Waals surface area contributed by atoms with Crippen LogP contribution in [-0.2, 0) is 0 Å². The van der Waals surface area contributed by atoms with Gasteiger partial charge in [0.15, 0.2) is 5.78 Å². The molecule has 0 unspecified atom stereocenters. The van der Waals surface area contributed by atoms with Gasteiger partial charge >= 0.3 is 0 Å². The van der Waals surface area contributed by atoms with Crippen molar-refractivity contribution in [1.29, 1.82) is 0 Å². The number of rotatable bonds is 4. The van der Waals surface area contributed by atoms with Crippen LogP contribution in [0.15, 0.2) is 50.2 Å². The summed E-state index contributed by atoms with van der Waals surface area (Å²) in [7, 11) is 0. The molecule has 2 atom stereocenters. The van der Waals surface area contributed by atoms with Crippen LogP contribution in [0.1, 0.15) is 35.7 Å². The molecule has 0 bridgehead atoms. The zero-order chi connectivity index (χ0) is 20.6. The van der Waals surface area contributed by atoms with Gasteiger partial charge in [-0.1, -0.05) is 41.1 Å². The molecule has 2 aromatic rings. The number of nitrogens with zero attached hydrogens (tertiary/aromatic N) is 1. The maximum atomic E-state index is 13.9. The van der Waals surface area contributed by atoms with Crippen molar-refractivity contribution in [1.82, 2.24) is 4.90 Å². The zero-order valence-electron chi connectivity index (χ0n) is 16.7. The van der Waals surface area contributed by atoms with Crippen LogP contribution in [-0.4, -0.2) is 41.7 Å². The Labute approximate surface area is 193 Å². The number of benzene rings is 2. The topological polar surface area (TPSA) is 29.5 Å². The maximum Gasteiger partial charge on any atom is 0.187 e. The van der Waals surface area contributed by atoms with Gasteiger partial charge in [0.25, 0.3) is 0 Å². The van der Waals surface area contributed by atoms with Crippen molar-refractivity contribution in [3.05, 3.63) is 56.5 Å². The van der Waals surface area contributed by atoms with Gasteiger partial charge in [-0.25, -0.2) is 0 Å². The molecule has 0 N–H and O–H groups in total. The number of halogens is 2. The summed E-state index contributed by atoms with van der Waals surface area (Å²) in [5, 5.41) is 0. The number of hydrogen-bond donors (Lipinski definition) is 0. The first kappa shape index (κ1) is 21.4. The van der Waals surface area contributed by atoms with E-state index in [1.54, 1.807) is 11.8 Å². The molecular formula is C23H25Br2NO2S. The summed E-state index contributed by atoms with van der Waals surface area (Å²) in [6.07, 6.45) is 2.46. The Bertz CT molecular complexity index is 921. The molecule has 2 aliphatic rings. The Morgan fingerprint density at radius 2 is 2.03 bits per heavy atom. The second-order valence-electron chi connectivity index (χ2n) is 8.18. The number of Topliss-reactive ketones (excluding diaryl/α,β-unsaturated/α-hetero) is 1. The van der Waals surface area contributed by atoms with E-state index in [9.17, 15) is 4.79 Å². The van der Waals surface area contributed by atoms with E-state index >= 15 is 0 Å². The van der Waals surface area contributed by atoms with Gasteiger partial charge in [-0.15, -0.1) is 11.8 Å². The molecular weight excluding hydrogens is 514 g/mol. The first-order valence-electron chi connectivity index (χ1n) is 10.0. The van der Waals surface area contributed by atoms with E-state index in [0.29, 0.717) is 30.4 Å². The smallest absolute Gasteiger partial charge is 0.187 e. The lowest BCUT2D eigenvalue weighted by atomic mass is 9.91. The minimum atomic E-state index is -0.653. The number of carbonyl (C=O) groups excluding carboxylic acids is 1. The maximum absolute atomic E-state index is 13.9. The van der Waals surface area contributed by atoms with Crippen LogP contribution < -0.4 is 4.74 Å². The molecule has 0 aliphatic carbocycles. The molecule has 2 aliphatic heterocycles. The van der Waals surface area contributed by atoms with Gasteiger partial charge in [-0.3, -0.25) is 4.79 Å². The Morgan fingerprint density at radius 1 is 1.28 bits per heavy atom. The predicted octanol–water partition coefficient (Wildman–Crippen LogP) is 6.36. The highest BCUT2D eigenvalue weighted by Gasteiger charge is 2.47. The van der Waals surface area contributed by atoms with Crippen molar-refractivity contribution in [3.63, 3.8) is 0 Å². The number of fused-ring (bicyclic) bond motifs is 1. The van der Waals surface area contributed by atoms with Gasteiger partial charge in [-0.05, 0) is 71.9 Å². The van der Waals surface area contributed by atoms with Crippen LogP contribution in [0, 0.1) is 12.8 Å². The summed E-state index contributed by atoms with van der Waals surface area (Å²) in [5.41, 5.74) is 1.71. The van der Waals surface area contributed by atoms with E-state index in [1.165, 1.54) is 12.8 Å².